The molecule has 1 unspecified atom stereocenters. The first-order chi connectivity index (χ1) is 16.2. The molecule has 3 atom stereocenters. The first-order valence-corrected chi connectivity index (χ1v) is 11.3. The minimum atomic E-state index is -1.04. The van der Waals surface area contributed by atoms with Crippen molar-refractivity contribution in [3.05, 3.63) is 71.5 Å². The van der Waals surface area contributed by atoms with Crippen LogP contribution in [0.15, 0.2) is 54.6 Å². The topological polar surface area (TPSA) is 132 Å². The molecule has 8 heteroatoms. The Hall–Kier alpha value is -3.39. The molecular formula is C26H32FN3O4. The Bertz CT molecular complexity index is 997. The van der Waals surface area contributed by atoms with Gasteiger partial charge >= 0.3 is 0 Å². The molecular weight excluding hydrogens is 437 g/mol. The second-order valence-corrected chi connectivity index (χ2v) is 8.58. The molecule has 0 saturated heterocycles. The normalized spacial score (nSPS) is 13.5. The predicted molar refractivity (Wildman–Crippen MR) is 127 cm³/mol. The number of carbonyl (C=O) groups is 4. The number of primary amides is 1. The van der Waals surface area contributed by atoms with Gasteiger partial charge in [-0.3, -0.25) is 19.2 Å². The van der Waals surface area contributed by atoms with Crippen molar-refractivity contribution in [2.75, 3.05) is 0 Å². The lowest BCUT2D eigenvalue weighted by Crippen LogP contribution is -2.43. The van der Waals surface area contributed by atoms with E-state index in [1.807, 2.05) is 30.3 Å². The van der Waals surface area contributed by atoms with E-state index in [0.717, 1.165) is 5.56 Å². The number of aryl methyl sites for hydroxylation is 1. The Labute approximate surface area is 199 Å². The molecule has 0 aliphatic heterocycles. The fraction of sp³-hybridized carbons (Fsp3) is 0.385. The lowest BCUT2D eigenvalue weighted by molar-refractivity contribution is -0.133. The first kappa shape index (κ1) is 26.9. The average molecular weight is 470 g/mol. The van der Waals surface area contributed by atoms with Crippen molar-refractivity contribution < 1.29 is 23.6 Å². The number of rotatable bonds is 14. The Kier molecular flexibility index (Phi) is 10.5. The number of amides is 2. The van der Waals surface area contributed by atoms with Crippen LogP contribution < -0.4 is 16.8 Å². The third-order valence-corrected chi connectivity index (χ3v) is 5.58. The van der Waals surface area contributed by atoms with Gasteiger partial charge < -0.3 is 16.8 Å². The van der Waals surface area contributed by atoms with E-state index in [4.69, 9.17) is 11.5 Å². The average Bonchev–Trinajstić information content (AvgIpc) is 2.78. The molecule has 0 aromatic heterocycles. The van der Waals surface area contributed by atoms with Crippen molar-refractivity contribution >= 4 is 23.4 Å². The van der Waals surface area contributed by atoms with Crippen LogP contribution in [0.25, 0.3) is 0 Å². The Balaban J connectivity index is 2.04. The van der Waals surface area contributed by atoms with E-state index < -0.39 is 41.4 Å². The molecule has 0 bridgehead atoms. The van der Waals surface area contributed by atoms with Crippen LogP contribution >= 0.6 is 0 Å². The Morgan fingerprint density at radius 3 is 2.21 bits per heavy atom. The number of nitrogens with one attached hydrogen (secondary N) is 1. The summed E-state index contributed by atoms with van der Waals surface area (Å²) in [5.74, 6) is -3.33. The van der Waals surface area contributed by atoms with Crippen molar-refractivity contribution in [2.24, 2.45) is 17.4 Å². The van der Waals surface area contributed by atoms with Gasteiger partial charge in [-0.2, -0.15) is 0 Å². The smallest absolute Gasteiger partial charge is 0.224 e. The van der Waals surface area contributed by atoms with Crippen LogP contribution in [0.4, 0.5) is 4.39 Å². The van der Waals surface area contributed by atoms with Gasteiger partial charge in [0.25, 0.3) is 0 Å². The molecule has 182 valence electrons. The second kappa shape index (κ2) is 13.3. The van der Waals surface area contributed by atoms with Gasteiger partial charge in [-0.15, -0.1) is 0 Å². The molecule has 2 aromatic carbocycles. The van der Waals surface area contributed by atoms with E-state index >= 15 is 0 Å². The van der Waals surface area contributed by atoms with Gasteiger partial charge in [0.15, 0.2) is 5.78 Å². The summed E-state index contributed by atoms with van der Waals surface area (Å²) >= 11 is 0. The monoisotopic (exact) mass is 469 g/mol. The first-order valence-electron chi connectivity index (χ1n) is 11.3. The number of Topliss-reactive ketones (excluding diaryl/α,β-unsaturated/α-hetero) is 2. The fourth-order valence-corrected chi connectivity index (χ4v) is 3.79. The standard InChI is InChI=1S/C26H32FN3O4/c1-17(31)13-21(12-11-18-7-3-2-4-8-18)30-26(34)20(16-25(29)33)15-24(32)23(28)14-19-9-5-6-10-22(19)27/h2-10,20-21,23H,11-16,28H2,1H3,(H2,29,33)(H,30,34)/t20-,21+,23?/m1/s1. The summed E-state index contributed by atoms with van der Waals surface area (Å²) in [5, 5.41) is 2.81. The van der Waals surface area contributed by atoms with Gasteiger partial charge in [0.1, 0.15) is 11.6 Å². The molecule has 34 heavy (non-hydrogen) atoms. The van der Waals surface area contributed by atoms with Gasteiger partial charge in [0, 0.05) is 25.3 Å². The highest BCUT2D eigenvalue weighted by Crippen LogP contribution is 2.16. The van der Waals surface area contributed by atoms with Gasteiger partial charge in [-0.05, 0) is 43.4 Å². The molecule has 0 aliphatic carbocycles. The Morgan fingerprint density at radius 1 is 0.941 bits per heavy atom. The minimum absolute atomic E-state index is 0.0273. The molecule has 0 saturated carbocycles. The van der Waals surface area contributed by atoms with E-state index in [1.165, 1.54) is 25.1 Å². The molecule has 0 radical (unpaired) electrons. The molecule has 2 amide bonds. The number of benzene rings is 2. The molecule has 0 spiro atoms. The number of hydrogen-bond donors (Lipinski definition) is 3. The highest BCUT2D eigenvalue weighted by molar-refractivity contribution is 5.92. The van der Waals surface area contributed by atoms with E-state index in [2.05, 4.69) is 5.32 Å². The summed E-state index contributed by atoms with van der Waals surface area (Å²) in [7, 11) is 0. The largest absolute Gasteiger partial charge is 0.370 e. The SMILES string of the molecule is CC(=O)C[C@H](CCc1ccccc1)NC(=O)[C@@H](CC(N)=O)CC(=O)C(N)Cc1ccccc1F. The number of halogens is 1. The van der Waals surface area contributed by atoms with Gasteiger partial charge in [-0.1, -0.05) is 48.5 Å². The summed E-state index contributed by atoms with van der Waals surface area (Å²) in [4.78, 5) is 49.0. The van der Waals surface area contributed by atoms with Crippen molar-refractivity contribution in [1.29, 1.82) is 0 Å². The predicted octanol–water partition coefficient (Wildman–Crippen LogP) is 2.24. The van der Waals surface area contributed by atoms with Crippen LogP contribution in [-0.2, 0) is 32.0 Å². The maximum atomic E-state index is 13.9. The van der Waals surface area contributed by atoms with Gasteiger partial charge in [-0.25, -0.2) is 4.39 Å². The zero-order valence-electron chi connectivity index (χ0n) is 19.3. The fourth-order valence-electron chi connectivity index (χ4n) is 3.79. The number of carbonyl (C=O) groups excluding carboxylic acids is 4. The molecule has 0 heterocycles. The van der Waals surface area contributed by atoms with Crippen LogP contribution in [-0.4, -0.2) is 35.5 Å². The lowest BCUT2D eigenvalue weighted by atomic mass is 9.91. The highest BCUT2D eigenvalue weighted by atomic mass is 19.1. The Morgan fingerprint density at radius 2 is 1.59 bits per heavy atom. The highest BCUT2D eigenvalue weighted by Gasteiger charge is 2.28. The van der Waals surface area contributed by atoms with Crippen LogP contribution in [0.2, 0.25) is 0 Å². The molecule has 5 N–H and O–H groups in total. The van der Waals surface area contributed by atoms with Gasteiger partial charge in [0.2, 0.25) is 11.8 Å². The number of hydrogen-bond acceptors (Lipinski definition) is 5. The molecule has 2 rings (SSSR count). The quantitative estimate of drug-likeness (QED) is 0.390. The van der Waals surface area contributed by atoms with Crippen LogP contribution in [0.5, 0.6) is 0 Å². The van der Waals surface area contributed by atoms with Gasteiger partial charge in [0.05, 0.1) is 12.0 Å². The van der Waals surface area contributed by atoms with Crippen LogP contribution in [0.1, 0.15) is 43.7 Å². The third-order valence-electron chi connectivity index (χ3n) is 5.58. The molecule has 0 aliphatic rings. The number of ketones is 2. The summed E-state index contributed by atoms with van der Waals surface area (Å²) < 4.78 is 13.9. The molecule has 0 fully saturated rings. The minimum Gasteiger partial charge on any atom is -0.370 e. The van der Waals surface area contributed by atoms with Crippen LogP contribution in [0, 0.1) is 11.7 Å². The van der Waals surface area contributed by atoms with E-state index in [9.17, 15) is 23.6 Å². The third kappa shape index (κ3) is 9.23. The zero-order valence-corrected chi connectivity index (χ0v) is 19.3. The van der Waals surface area contributed by atoms with E-state index in [-0.39, 0.29) is 31.5 Å². The zero-order chi connectivity index (χ0) is 25.1. The summed E-state index contributed by atoms with van der Waals surface area (Å²) in [6.45, 7) is 1.44. The number of nitrogens with two attached hydrogens (primary N) is 2. The van der Waals surface area contributed by atoms with E-state index in [0.29, 0.717) is 18.4 Å². The molecule has 2 aromatic rings. The lowest BCUT2D eigenvalue weighted by Gasteiger charge is -2.22. The maximum Gasteiger partial charge on any atom is 0.224 e. The molecule has 7 nitrogen and oxygen atoms in total. The van der Waals surface area contributed by atoms with Crippen LogP contribution in [0.3, 0.4) is 0 Å². The van der Waals surface area contributed by atoms with Crippen molar-refractivity contribution in [1.82, 2.24) is 5.32 Å². The maximum absolute atomic E-state index is 13.9. The summed E-state index contributed by atoms with van der Waals surface area (Å²) in [6, 6.07) is 14.1. The summed E-state index contributed by atoms with van der Waals surface area (Å²) in [6.07, 6.45) is 0.611. The van der Waals surface area contributed by atoms with Crippen molar-refractivity contribution in [3.8, 4) is 0 Å². The van der Waals surface area contributed by atoms with E-state index in [1.54, 1.807) is 6.07 Å². The van der Waals surface area contributed by atoms with Crippen molar-refractivity contribution in [2.45, 2.75) is 57.5 Å². The van der Waals surface area contributed by atoms with Crippen molar-refractivity contribution in [3.63, 3.8) is 0 Å². The summed E-state index contributed by atoms with van der Waals surface area (Å²) in [5.41, 5.74) is 12.6. The second-order valence-electron chi connectivity index (χ2n) is 8.58.